The first-order valence-corrected chi connectivity index (χ1v) is 7.13. The molecular formula is C14H20BrNO2. The molecule has 2 atom stereocenters. The number of hydrogen-bond acceptors (Lipinski definition) is 3. The fourth-order valence-corrected chi connectivity index (χ4v) is 2.92. The Kier molecular flexibility index (Phi) is 3.99. The number of rotatable bonds is 2. The highest BCUT2D eigenvalue weighted by Gasteiger charge is 2.29. The molecule has 1 aliphatic rings. The van der Waals surface area contributed by atoms with Crippen LogP contribution in [0.2, 0.25) is 0 Å². The van der Waals surface area contributed by atoms with E-state index in [0.717, 1.165) is 35.1 Å². The zero-order valence-corrected chi connectivity index (χ0v) is 12.4. The summed E-state index contributed by atoms with van der Waals surface area (Å²) >= 11 is 3.47. The second-order valence-electron chi connectivity index (χ2n) is 5.40. The third-order valence-electron chi connectivity index (χ3n) is 3.46. The predicted molar refractivity (Wildman–Crippen MR) is 76.8 cm³/mol. The van der Waals surface area contributed by atoms with Gasteiger partial charge >= 0.3 is 0 Å². The van der Waals surface area contributed by atoms with E-state index in [4.69, 9.17) is 0 Å². The summed E-state index contributed by atoms with van der Waals surface area (Å²) in [5.41, 5.74) is 1.28. The Bertz CT molecular complexity index is 432. The summed E-state index contributed by atoms with van der Waals surface area (Å²) in [6, 6.07) is 5.89. The molecule has 4 heteroatoms. The van der Waals surface area contributed by atoms with E-state index in [9.17, 15) is 10.2 Å². The molecule has 0 amide bonds. The van der Waals surface area contributed by atoms with Gasteiger partial charge in [-0.3, -0.25) is 0 Å². The van der Waals surface area contributed by atoms with E-state index in [0.29, 0.717) is 6.54 Å². The van der Waals surface area contributed by atoms with Gasteiger partial charge in [0.15, 0.2) is 0 Å². The Morgan fingerprint density at radius 2 is 2.17 bits per heavy atom. The molecule has 1 fully saturated rings. The molecule has 0 radical (unpaired) electrons. The van der Waals surface area contributed by atoms with Gasteiger partial charge in [-0.1, -0.05) is 22.0 Å². The van der Waals surface area contributed by atoms with E-state index in [1.807, 2.05) is 25.1 Å². The second-order valence-corrected chi connectivity index (χ2v) is 6.32. The zero-order chi connectivity index (χ0) is 13.3. The minimum absolute atomic E-state index is 0.500. The summed E-state index contributed by atoms with van der Waals surface area (Å²) in [7, 11) is 0. The van der Waals surface area contributed by atoms with Crippen molar-refractivity contribution in [2.24, 2.45) is 0 Å². The molecule has 0 aromatic heterocycles. The summed E-state index contributed by atoms with van der Waals surface area (Å²) in [5.74, 6) is 0. The molecule has 2 rings (SSSR count). The third-order valence-corrected chi connectivity index (χ3v) is 3.95. The average molecular weight is 314 g/mol. The monoisotopic (exact) mass is 313 g/mol. The fraction of sp³-hybridized carbons (Fsp3) is 0.571. The molecule has 1 aromatic carbocycles. The summed E-state index contributed by atoms with van der Waals surface area (Å²) < 4.78 is 0.993. The lowest BCUT2D eigenvalue weighted by atomic mass is 9.94. The largest absolute Gasteiger partial charge is 0.389 e. The molecule has 0 saturated carbocycles. The minimum Gasteiger partial charge on any atom is -0.389 e. The van der Waals surface area contributed by atoms with Gasteiger partial charge in [0.05, 0.1) is 11.7 Å². The van der Waals surface area contributed by atoms with Gasteiger partial charge in [-0.15, -0.1) is 0 Å². The molecule has 1 saturated heterocycles. The van der Waals surface area contributed by atoms with Crippen LogP contribution in [-0.2, 0) is 0 Å². The topological polar surface area (TPSA) is 43.7 Å². The Balaban J connectivity index is 2.34. The van der Waals surface area contributed by atoms with Gasteiger partial charge in [0, 0.05) is 28.8 Å². The second kappa shape index (κ2) is 5.19. The van der Waals surface area contributed by atoms with Crippen LogP contribution in [0.25, 0.3) is 0 Å². The van der Waals surface area contributed by atoms with Gasteiger partial charge in [0.2, 0.25) is 0 Å². The van der Waals surface area contributed by atoms with E-state index in [1.54, 1.807) is 6.92 Å². The van der Waals surface area contributed by atoms with Crippen LogP contribution in [0.1, 0.15) is 38.4 Å². The van der Waals surface area contributed by atoms with Crippen LogP contribution >= 0.6 is 15.9 Å². The molecule has 100 valence electrons. The standard InChI is InChI=1S/C14H20BrNO2/c1-10(17)12-5-4-11(15)8-13(12)16-7-3-6-14(2,18)9-16/h4-5,8,10,17-18H,3,6-7,9H2,1-2H3. The fourth-order valence-electron chi connectivity index (χ4n) is 2.57. The molecule has 18 heavy (non-hydrogen) atoms. The van der Waals surface area contributed by atoms with Gasteiger partial charge in [0.1, 0.15) is 0 Å². The predicted octanol–water partition coefficient (Wildman–Crippen LogP) is 2.85. The molecule has 0 spiro atoms. The van der Waals surface area contributed by atoms with E-state index in [1.165, 1.54) is 0 Å². The maximum absolute atomic E-state index is 10.2. The number of nitrogens with zero attached hydrogens (tertiary/aromatic N) is 1. The van der Waals surface area contributed by atoms with Crippen LogP contribution in [0.3, 0.4) is 0 Å². The summed E-state index contributed by atoms with van der Waals surface area (Å²) in [6.07, 6.45) is 1.31. The number of hydrogen-bond donors (Lipinski definition) is 2. The lowest BCUT2D eigenvalue weighted by molar-refractivity contribution is 0.0447. The van der Waals surface area contributed by atoms with E-state index in [2.05, 4.69) is 20.8 Å². The normalized spacial score (nSPS) is 26.2. The Morgan fingerprint density at radius 1 is 1.44 bits per heavy atom. The quantitative estimate of drug-likeness (QED) is 0.882. The van der Waals surface area contributed by atoms with Crippen LogP contribution < -0.4 is 4.90 Å². The molecule has 0 bridgehead atoms. The number of halogens is 1. The van der Waals surface area contributed by atoms with Crippen molar-refractivity contribution in [1.29, 1.82) is 0 Å². The smallest absolute Gasteiger partial charge is 0.0794 e. The SMILES string of the molecule is CC(O)c1ccc(Br)cc1N1CCCC(C)(O)C1. The van der Waals surface area contributed by atoms with Crippen molar-refractivity contribution in [3.05, 3.63) is 28.2 Å². The first-order valence-electron chi connectivity index (χ1n) is 6.34. The maximum Gasteiger partial charge on any atom is 0.0794 e. The van der Waals surface area contributed by atoms with Gasteiger partial charge in [-0.05, 0) is 38.8 Å². The first-order chi connectivity index (χ1) is 8.39. The highest BCUT2D eigenvalue weighted by Crippen LogP contribution is 2.33. The number of benzene rings is 1. The van der Waals surface area contributed by atoms with Gasteiger partial charge < -0.3 is 15.1 Å². The van der Waals surface area contributed by atoms with Crippen LogP contribution in [0.4, 0.5) is 5.69 Å². The van der Waals surface area contributed by atoms with Crippen LogP contribution in [0.15, 0.2) is 22.7 Å². The molecular weight excluding hydrogens is 294 g/mol. The van der Waals surface area contributed by atoms with Gasteiger partial charge in [-0.25, -0.2) is 0 Å². The molecule has 2 N–H and O–H groups in total. The van der Waals surface area contributed by atoms with Crippen LogP contribution in [-0.4, -0.2) is 28.9 Å². The number of anilines is 1. The summed E-state index contributed by atoms with van der Waals surface area (Å²) in [6.45, 7) is 5.18. The van der Waals surface area contributed by atoms with Crippen molar-refractivity contribution in [3.63, 3.8) is 0 Å². The van der Waals surface area contributed by atoms with Gasteiger partial charge in [0.25, 0.3) is 0 Å². The summed E-state index contributed by atoms with van der Waals surface area (Å²) in [5, 5.41) is 20.0. The van der Waals surface area contributed by atoms with Gasteiger partial charge in [-0.2, -0.15) is 0 Å². The number of aliphatic hydroxyl groups excluding tert-OH is 1. The van der Waals surface area contributed by atoms with Crippen molar-refractivity contribution < 1.29 is 10.2 Å². The first kappa shape index (κ1) is 13.8. The summed E-state index contributed by atoms with van der Waals surface area (Å²) in [4.78, 5) is 2.16. The number of piperidine rings is 1. The highest BCUT2D eigenvalue weighted by molar-refractivity contribution is 9.10. The van der Waals surface area contributed by atoms with Crippen LogP contribution in [0.5, 0.6) is 0 Å². The van der Waals surface area contributed by atoms with E-state index < -0.39 is 11.7 Å². The zero-order valence-electron chi connectivity index (χ0n) is 10.9. The lowest BCUT2D eigenvalue weighted by Gasteiger charge is -2.39. The van der Waals surface area contributed by atoms with Crippen molar-refractivity contribution in [2.75, 3.05) is 18.0 Å². The highest BCUT2D eigenvalue weighted by atomic mass is 79.9. The van der Waals surface area contributed by atoms with Crippen molar-refractivity contribution in [1.82, 2.24) is 0 Å². The van der Waals surface area contributed by atoms with Crippen molar-refractivity contribution in [2.45, 2.75) is 38.4 Å². The molecule has 2 unspecified atom stereocenters. The molecule has 3 nitrogen and oxygen atoms in total. The lowest BCUT2D eigenvalue weighted by Crippen LogP contribution is -2.46. The van der Waals surface area contributed by atoms with Crippen molar-refractivity contribution in [3.8, 4) is 0 Å². The Morgan fingerprint density at radius 3 is 2.78 bits per heavy atom. The average Bonchev–Trinajstić information content (AvgIpc) is 2.27. The van der Waals surface area contributed by atoms with Crippen LogP contribution in [0, 0.1) is 0 Å². The Labute approximate surface area is 117 Å². The number of β-amino-alcohol motifs (C(OH)–C–C–N with tert-alkyl or cyclic N) is 1. The third kappa shape index (κ3) is 3.05. The molecule has 0 aliphatic carbocycles. The minimum atomic E-state index is -0.642. The van der Waals surface area contributed by atoms with E-state index in [-0.39, 0.29) is 0 Å². The van der Waals surface area contributed by atoms with E-state index >= 15 is 0 Å². The number of aliphatic hydroxyl groups is 2. The molecule has 1 aliphatic heterocycles. The molecule has 1 heterocycles. The maximum atomic E-state index is 10.2. The Hall–Kier alpha value is -0.580. The van der Waals surface area contributed by atoms with Crippen molar-refractivity contribution >= 4 is 21.6 Å². The molecule has 1 aromatic rings.